The lowest BCUT2D eigenvalue weighted by molar-refractivity contribution is 0.0617. The molecule has 0 spiro atoms. The fourth-order valence-corrected chi connectivity index (χ4v) is 2.69. The van der Waals surface area contributed by atoms with E-state index in [1.54, 1.807) is 0 Å². The molecule has 0 atom stereocenters. The van der Waals surface area contributed by atoms with Crippen LogP contribution in [0.25, 0.3) is 0 Å². The quantitative estimate of drug-likeness (QED) is 0.898. The van der Waals surface area contributed by atoms with Gasteiger partial charge >= 0.3 is 0 Å². The van der Waals surface area contributed by atoms with Crippen LogP contribution in [0.4, 0.5) is 8.78 Å². The zero-order valence-corrected chi connectivity index (χ0v) is 13.1. The highest BCUT2D eigenvalue weighted by atomic mass is 19.1. The van der Waals surface area contributed by atoms with Crippen LogP contribution in [0.2, 0.25) is 0 Å². The molecule has 0 saturated carbocycles. The van der Waals surface area contributed by atoms with E-state index >= 15 is 0 Å². The molecule has 0 aliphatic carbocycles. The molecule has 1 aliphatic heterocycles. The van der Waals surface area contributed by atoms with Gasteiger partial charge in [-0.15, -0.1) is 0 Å². The molecule has 0 bridgehead atoms. The number of nitrogens with one attached hydrogen (secondary N) is 1. The molecule has 1 aliphatic rings. The fraction of sp³-hybridized carbons (Fsp3) is 0.625. The second-order valence-electron chi connectivity index (χ2n) is 6.44. The number of nitrogens with zero attached hydrogens (tertiary/aromatic N) is 2. The Hall–Kier alpha value is -1.04. The highest BCUT2D eigenvalue weighted by Crippen LogP contribution is 2.16. The number of hydrogen-bond donors (Lipinski definition) is 1. The van der Waals surface area contributed by atoms with Crippen molar-refractivity contribution in [3.8, 4) is 0 Å². The van der Waals surface area contributed by atoms with E-state index in [0.29, 0.717) is 12.1 Å². The van der Waals surface area contributed by atoms with E-state index in [1.165, 1.54) is 12.1 Å². The first-order chi connectivity index (χ1) is 9.88. The summed E-state index contributed by atoms with van der Waals surface area (Å²) in [6.45, 7) is 9.85. The van der Waals surface area contributed by atoms with Crippen molar-refractivity contribution in [3.63, 3.8) is 0 Å². The van der Waals surface area contributed by atoms with Crippen LogP contribution in [0.15, 0.2) is 18.2 Å². The molecule has 1 aromatic rings. The summed E-state index contributed by atoms with van der Waals surface area (Å²) in [5, 5.41) is 3.29. The van der Waals surface area contributed by atoms with Crippen LogP contribution < -0.4 is 5.32 Å². The second kappa shape index (κ2) is 6.81. The van der Waals surface area contributed by atoms with Gasteiger partial charge < -0.3 is 10.2 Å². The average molecular weight is 297 g/mol. The van der Waals surface area contributed by atoms with Crippen molar-refractivity contribution >= 4 is 0 Å². The Bertz CT molecular complexity index is 469. The highest BCUT2D eigenvalue weighted by molar-refractivity contribution is 5.18. The van der Waals surface area contributed by atoms with Crippen molar-refractivity contribution < 1.29 is 8.78 Å². The van der Waals surface area contributed by atoms with Crippen molar-refractivity contribution in [2.75, 3.05) is 39.8 Å². The molecule has 21 heavy (non-hydrogen) atoms. The molecule has 1 N–H and O–H groups in total. The Kier molecular flexibility index (Phi) is 5.30. The van der Waals surface area contributed by atoms with Gasteiger partial charge in [0.2, 0.25) is 0 Å². The van der Waals surface area contributed by atoms with Crippen LogP contribution in [0, 0.1) is 11.6 Å². The minimum atomic E-state index is -0.533. The Morgan fingerprint density at radius 1 is 1.14 bits per heavy atom. The third-order valence-electron chi connectivity index (χ3n) is 4.25. The number of benzene rings is 1. The van der Waals surface area contributed by atoms with Gasteiger partial charge in [0.1, 0.15) is 11.6 Å². The molecule has 118 valence electrons. The van der Waals surface area contributed by atoms with Gasteiger partial charge in [0.05, 0.1) is 0 Å². The molecular weight excluding hydrogens is 272 g/mol. The van der Waals surface area contributed by atoms with Crippen molar-refractivity contribution in [1.29, 1.82) is 0 Å². The number of hydrogen-bond acceptors (Lipinski definition) is 3. The van der Waals surface area contributed by atoms with Crippen molar-refractivity contribution in [2.24, 2.45) is 0 Å². The number of halogens is 2. The molecule has 0 radical (unpaired) electrons. The molecule has 2 rings (SSSR count). The number of likely N-dealkylation sites (N-methyl/N-ethyl adjacent to an activating group) is 1. The summed E-state index contributed by atoms with van der Waals surface area (Å²) >= 11 is 0. The van der Waals surface area contributed by atoms with Crippen LogP contribution in [-0.2, 0) is 6.54 Å². The van der Waals surface area contributed by atoms with Crippen LogP contribution >= 0.6 is 0 Å². The third-order valence-corrected chi connectivity index (χ3v) is 4.25. The summed E-state index contributed by atoms with van der Waals surface area (Å²) in [4.78, 5) is 4.79. The van der Waals surface area contributed by atoms with Gasteiger partial charge in [0.25, 0.3) is 0 Å². The molecule has 1 aromatic carbocycles. The first kappa shape index (κ1) is 16.3. The largest absolute Gasteiger partial charge is 0.311 e. The van der Waals surface area contributed by atoms with Crippen LogP contribution in [0.3, 0.4) is 0 Å². The van der Waals surface area contributed by atoms with E-state index in [4.69, 9.17) is 0 Å². The highest BCUT2D eigenvalue weighted by Gasteiger charge is 2.28. The number of rotatable bonds is 5. The maximum absolute atomic E-state index is 13.6. The Balaban J connectivity index is 1.84. The van der Waals surface area contributed by atoms with E-state index in [2.05, 4.69) is 36.0 Å². The molecule has 1 saturated heterocycles. The zero-order valence-electron chi connectivity index (χ0n) is 13.1. The smallest absolute Gasteiger partial charge is 0.130 e. The SMILES string of the molecule is CN1CCN(C(C)(C)CNCc2ccc(F)cc2F)CC1. The van der Waals surface area contributed by atoms with Crippen molar-refractivity contribution in [3.05, 3.63) is 35.4 Å². The summed E-state index contributed by atoms with van der Waals surface area (Å²) in [5.74, 6) is -1.02. The van der Waals surface area contributed by atoms with E-state index in [-0.39, 0.29) is 5.54 Å². The van der Waals surface area contributed by atoms with Crippen LogP contribution in [0.5, 0.6) is 0 Å². The molecule has 5 heteroatoms. The van der Waals surface area contributed by atoms with Gasteiger partial charge in [0, 0.05) is 56.4 Å². The molecule has 1 fully saturated rings. The summed E-state index contributed by atoms with van der Waals surface area (Å²) in [6.07, 6.45) is 0. The minimum Gasteiger partial charge on any atom is -0.311 e. The van der Waals surface area contributed by atoms with E-state index in [9.17, 15) is 8.78 Å². The molecular formula is C16H25F2N3. The lowest BCUT2D eigenvalue weighted by Gasteiger charge is -2.43. The normalized spacial score (nSPS) is 18.1. The van der Waals surface area contributed by atoms with Crippen molar-refractivity contribution in [1.82, 2.24) is 15.1 Å². The van der Waals surface area contributed by atoms with Gasteiger partial charge in [-0.2, -0.15) is 0 Å². The molecule has 0 unspecified atom stereocenters. The monoisotopic (exact) mass is 297 g/mol. The summed E-state index contributed by atoms with van der Waals surface area (Å²) in [6, 6.07) is 3.73. The third kappa shape index (κ3) is 4.46. The Morgan fingerprint density at radius 3 is 2.43 bits per heavy atom. The van der Waals surface area contributed by atoms with Gasteiger partial charge in [-0.1, -0.05) is 6.07 Å². The first-order valence-electron chi connectivity index (χ1n) is 7.47. The Labute approximate surface area is 125 Å². The van der Waals surface area contributed by atoms with Crippen molar-refractivity contribution in [2.45, 2.75) is 25.9 Å². The topological polar surface area (TPSA) is 18.5 Å². The molecule has 0 aromatic heterocycles. The molecule has 1 heterocycles. The lowest BCUT2D eigenvalue weighted by Crippen LogP contribution is -2.57. The van der Waals surface area contributed by atoms with Gasteiger partial charge in [-0.3, -0.25) is 4.90 Å². The van der Waals surface area contributed by atoms with Gasteiger partial charge in [-0.05, 0) is 27.0 Å². The zero-order chi connectivity index (χ0) is 15.5. The predicted molar refractivity (Wildman–Crippen MR) is 81.2 cm³/mol. The summed E-state index contributed by atoms with van der Waals surface area (Å²) in [7, 11) is 2.14. The first-order valence-corrected chi connectivity index (χ1v) is 7.47. The summed E-state index contributed by atoms with van der Waals surface area (Å²) in [5.41, 5.74) is 0.531. The fourth-order valence-electron chi connectivity index (χ4n) is 2.69. The molecule has 0 amide bonds. The standard InChI is InChI=1S/C16H25F2N3/c1-16(2,21-8-6-20(3)7-9-21)12-19-11-13-4-5-14(17)10-15(13)18/h4-5,10,19H,6-9,11-12H2,1-3H3. The molecule has 3 nitrogen and oxygen atoms in total. The van der Waals surface area contributed by atoms with Crippen LogP contribution in [-0.4, -0.2) is 55.1 Å². The minimum absolute atomic E-state index is 0.0256. The Morgan fingerprint density at radius 2 is 1.81 bits per heavy atom. The predicted octanol–water partition coefficient (Wildman–Crippen LogP) is 2.08. The maximum atomic E-state index is 13.6. The summed E-state index contributed by atoms with van der Waals surface area (Å²) < 4.78 is 26.4. The van der Waals surface area contributed by atoms with Gasteiger partial charge in [-0.25, -0.2) is 8.78 Å². The van der Waals surface area contributed by atoms with Gasteiger partial charge in [0.15, 0.2) is 0 Å². The van der Waals surface area contributed by atoms with E-state index < -0.39 is 11.6 Å². The van der Waals surface area contributed by atoms with E-state index in [1.807, 2.05) is 0 Å². The maximum Gasteiger partial charge on any atom is 0.130 e. The van der Waals surface area contributed by atoms with E-state index in [0.717, 1.165) is 38.8 Å². The average Bonchev–Trinajstić information content (AvgIpc) is 2.41. The van der Waals surface area contributed by atoms with Crippen LogP contribution in [0.1, 0.15) is 19.4 Å². The second-order valence-corrected chi connectivity index (χ2v) is 6.44. The lowest BCUT2D eigenvalue weighted by atomic mass is 10.0. The number of piperazine rings is 1.